The van der Waals surface area contributed by atoms with Crippen LogP contribution in [-0.4, -0.2) is 25.8 Å². The predicted molar refractivity (Wildman–Crippen MR) is 60.7 cm³/mol. The summed E-state index contributed by atoms with van der Waals surface area (Å²) < 4.78 is 14.7. The monoisotopic (exact) mass is 299 g/mol. The third-order valence-electron chi connectivity index (χ3n) is 2.11. The number of carboxylic acids is 1. The number of hydrogen-bond acceptors (Lipinski definition) is 3. The molecule has 1 aromatic heterocycles. The number of aromatic nitrogens is 3. The highest BCUT2D eigenvalue weighted by atomic mass is 79.9. The van der Waals surface area contributed by atoms with Crippen molar-refractivity contribution in [3.8, 4) is 5.69 Å². The number of nitrogens with zero attached hydrogens (tertiary/aromatic N) is 3. The first-order chi connectivity index (χ1) is 7.99. The maximum atomic E-state index is 13.1. The molecule has 2 aromatic rings. The quantitative estimate of drug-likeness (QED) is 0.923. The van der Waals surface area contributed by atoms with Crippen molar-refractivity contribution in [2.24, 2.45) is 0 Å². The minimum Gasteiger partial charge on any atom is -0.475 e. The SMILES string of the molecule is Cc1nc(C(=O)O)nn1-c1ccc(F)c(Br)c1. The minimum absolute atomic E-state index is 0.279. The van der Waals surface area contributed by atoms with Gasteiger partial charge in [-0.25, -0.2) is 18.9 Å². The maximum absolute atomic E-state index is 13.1. The highest BCUT2D eigenvalue weighted by molar-refractivity contribution is 9.10. The first-order valence-corrected chi connectivity index (χ1v) is 5.40. The van der Waals surface area contributed by atoms with Crippen LogP contribution in [0.2, 0.25) is 0 Å². The fourth-order valence-electron chi connectivity index (χ4n) is 1.34. The average Bonchev–Trinajstić information content (AvgIpc) is 2.65. The zero-order chi connectivity index (χ0) is 12.6. The predicted octanol–water partition coefficient (Wildman–Crippen LogP) is 2.18. The second-order valence-electron chi connectivity index (χ2n) is 3.30. The Labute approximate surface area is 104 Å². The van der Waals surface area contributed by atoms with E-state index in [-0.39, 0.29) is 10.3 Å². The van der Waals surface area contributed by atoms with E-state index >= 15 is 0 Å². The molecule has 0 spiro atoms. The zero-order valence-corrected chi connectivity index (χ0v) is 10.3. The van der Waals surface area contributed by atoms with Crippen LogP contribution in [0.5, 0.6) is 0 Å². The maximum Gasteiger partial charge on any atom is 0.375 e. The largest absolute Gasteiger partial charge is 0.475 e. The molecule has 0 atom stereocenters. The molecule has 1 N–H and O–H groups in total. The van der Waals surface area contributed by atoms with Gasteiger partial charge in [0.25, 0.3) is 5.82 Å². The lowest BCUT2D eigenvalue weighted by molar-refractivity contribution is 0.0683. The van der Waals surface area contributed by atoms with Crippen LogP contribution >= 0.6 is 15.9 Å². The van der Waals surface area contributed by atoms with Crippen molar-refractivity contribution in [2.45, 2.75) is 6.92 Å². The van der Waals surface area contributed by atoms with Gasteiger partial charge in [-0.2, -0.15) is 0 Å². The van der Waals surface area contributed by atoms with E-state index in [2.05, 4.69) is 26.0 Å². The van der Waals surface area contributed by atoms with E-state index in [1.807, 2.05) is 0 Å². The Hall–Kier alpha value is -1.76. The Balaban J connectivity index is 2.52. The van der Waals surface area contributed by atoms with E-state index in [0.29, 0.717) is 11.5 Å². The van der Waals surface area contributed by atoms with Gasteiger partial charge in [-0.1, -0.05) is 0 Å². The molecule has 0 saturated carbocycles. The molecule has 88 valence electrons. The number of hydrogen-bond donors (Lipinski definition) is 1. The second-order valence-corrected chi connectivity index (χ2v) is 4.15. The molecule has 0 aliphatic heterocycles. The van der Waals surface area contributed by atoms with Crippen LogP contribution in [0.15, 0.2) is 22.7 Å². The summed E-state index contributed by atoms with van der Waals surface area (Å²) in [5.74, 6) is -1.47. The van der Waals surface area contributed by atoms with Crippen LogP contribution < -0.4 is 0 Å². The zero-order valence-electron chi connectivity index (χ0n) is 8.69. The Kier molecular flexibility index (Phi) is 2.93. The topological polar surface area (TPSA) is 68.0 Å². The highest BCUT2D eigenvalue weighted by Gasteiger charge is 2.14. The van der Waals surface area contributed by atoms with E-state index in [0.717, 1.165) is 0 Å². The smallest absolute Gasteiger partial charge is 0.375 e. The molecular formula is C10H7BrFN3O2. The van der Waals surface area contributed by atoms with E-state index in [1.165, 1.54) is 22.9 Å². The standard InChI is InChI=1S/C10H7BrFN3O2/c1-5-13-9(10(16)17)14-15(5)6-2-3-8(12)7(11)4-6/h2-4H,1H3,(H,16,17). The van der Waals surface area contributed by atoms with Gasteiger partial charge in [-0.05, 0) is 41.1 Å². The average molecular weight is 300 g/mol. The van der Waals surface area contributed by atoms with Crippen molar-refractivity contribution in [3.63, 3.8) is 0 Å². The number of aryl methyl sites for hydroxylation is 1. The van der Waals surface area contributed by atoms with Gasteiger partial charge in [0, 0.05) is 0 Å². The molecule has 0 unspecified atom stereocenters. The van der Waals surface area contributed by atoms with E-state index in [1.54, 1.807) is 6.92 Å². The van der Waals surface area contributed by atoms with Crippen LogP contribution in [0.25, 0.3) is 5.69 Å². The molecule has 1 aromatic carbocycles. The molecule has 0 bridgehead atoms. The molecule has 1 heterocycles. The summed E-state index contributed by atoms with van der Waals surface area (Å²) in [6.45, 7) is 1.62. The molecule has 0 saturated heterocycles. The number of halogens is 2. The van der Waals surface area contributed by atoms with Crippen molar-refractivity contribution < 1.29 is 14.3 Å². The summed E-state index contributed by atoms with van der Waals surface area (Å²) in [4.78, 5) is 14.5. The fraction of sp³-hybridized carbons (Fsp3) is 0.100. The lowest BCUT2D eigenvalue weighted by Crippen LogP contribution is -2.02. The molecule has 0 fully saturated rings. The minimum atomic E-state index is -1.20. The molecular weight excluding hydrogens is 293 g/mol. The Morgan fingerprint density at radius 2 is 2.24 bits per heavy atom. The summed E-state index contributed by atoms with van der Waals surface area (Å²) in [5.41, 5.74) is 0.538. The number of carboxylic acid groups (broad SMARTS) is 1. The van der Waals surface area contributed by atoms with E-state index in [4.69, 9.17) is 5.11 Å². The first kappa shape index (κ1) is 11.7. The van der Waals surface area contributed by atoms with Crippen molar-refractivity contribution in [1.29, 1.82) is 0 Å². The molecule has 0 aliphatic carbocycles. The molecule has 2 rings (SSSR count). The van der Waals surface area contributed by atoms with Gasteiger partial charge in [0.05, 0.1) is 10.2 Å². The number of aromatic carboxylic acids is 1. The third-order valence-corrected chi connectivity index (χ3v) is 2.72. The van der Waals surface area contributed by atoms with Gasteiger partial charge in [-0.3, -0.25) is 0 Å². The molecule has 5 nitrogen and oxygen atoms in total. The molecule has 0 aliphatic rings. The highest BCUT2D eigenvalue weighted by Crippen LogP contribution is 2.19. The van der Waals surface area contributed by atoms with Crippen molar-refractivity contribution in [3.05, 3.63) is 40.1 Å². The normalized spacial score (nSPS) is 10.5. The van der Waals surface area contributed by atoms with Gasteiger partial charge in [-0.15, -0.1) is 5.10 Å². The number of rotatable bonds is 2. The van der Waals surface area contributed by atoms with Crippen LogP contribution in [0.3, 0.4) is 0 Å². The fourth-order valence-corrected chi connectivity index (χ4v) is 1.71. The van der Waals surface area contributed by atoms with Crippen molar-refractivity contribution >= 4 is 21.9 Å². The number of benzene rings is 1. The van der Waals surface area contributed by atoms with Crippen molar-refractivity contribution in [2.75, 3.05) is 0 Å². The van der Waals surface area contributed by atoms with Crippen molar-refractivity contribution in [1.82, 2.24) is 14.8 Å². The van der Waals surface area contributed by atoms with Gasteiger partial charge in [0.1, 0.15) is 11.6 Å². The van der Waals surface area contributed by atoms with Gasteiger partial charge < -0.3 is 5.11 Å². The van der Waals surface area contributed by atoms with E-state index < -0.39 is 11.8 Å². The van der Waals surface area contributed by atoms with Crippen LogP contribution in [0, 0.1) is 12.7 Å². The summed E-state index contributed by atoms with van der Waals surface area (Å²) >= 11 is 3.05. The molecule has 17 heavy (non-hydrogen) atoms. The molecule has 0 amide bonds. The van der Waals surface area contributed by atoms with Crippen LogP contribution in [0.4, 0.5) is 4.39 Å². The molecule has 7 heteroatoms. The Bertz CT molecular complexity index is 597. The van der Waals surface area contributed by atoms with Crippen LogP contribution in [-0.2, 0) is 0 Å². The second kappa shape index (κ2) is 4.25. The first-order valence-electron chi connectivity index (χ1n) is 4.61. The molecule has 0 radical (unpaired) electrons. The lowest BCUT2D eigenvalue weighted by atomic mass is 10.3. The summed E-state index contributed by atoms with van der Waals surface area (Å²) in [6.07, 6.45) is 0. The number of carbonyl (C=O) groups is 1. The summed E-state index contributed by atoms with van der Waals surface area (Å²) in [6, 6.07) is 4.26. The van der Waals surface area contributed by atoms with Crippen LogP contribution in [0.1, 0.15) is 16.4 Å². The Morgan fingerprint density at radius 1 is 1.53 bits per heavy atom. The summed E-state index contributed by atoms with van der Waals surface area (Å²) in [7, 11) is 0. The third kappa shape index (κ3) is 2.19. The lowest BCUT2D eigenvalue weighted by Gasteiger charge is -2.03. The Morgan fingerprint density at radius 3 is 2.76 bits per heavy atom. The van der Waals surface area contributed by atoms with Gasteiger partial charge >= 0.3 is 5.97 Å². The van der Waals surface area contributed by atoms with Gasteiger partial charge in [0.15, 0.2) is 0 Å². The summed E-state index contributed by atoms with van der Waals surface area (Å²) in [5, 5.41) is 12.6. The van der Waals surface area contributed by atoms with Gasteiger partial charge in [0.2, 0.25) is 0 Å². The van der Waals surface area contributed by atoms with E-state index in [9.17, 15) is 9.18 Å².